The molecule has 0 spiro atoms. The maximum absolute atomic E-state index is 5.72. The van der Waals surface area contributed by atoms with Gasteiger partial charge < -0.3 is 9.47 Å². The summed E-state index contributed by atoms with van der Waals surface area (Å²) >= 11 is 0. The van der Waals surface area contributed by atoms with Crippen LogP contribution in [0.15, 0.2) is 24.3 Å². The van der Waals surface area contributed by atoms with E-state index in [1.807, 2.05) is 0 Å². The fraction of sp³-hybridized carbons (Fsp3) is 0.826. The lowest BCUT2D eigenvalue weighted by molar-refractivity contribution is -0.161. The molecular weight excluding hydrogens is 308 g/mol. The van der Waals surface area contributed by atoms with E-state index in [9.17, 15) is 0 Å². The monoisotopic (exact) mass is 350 g/mol. The summed E-state index contributed by atoms with van der Waals surface area (Å²) in [5.74, 6) is 0. The Morgan fingerprint density at radius 1 is 0.760 bits per heavy atom. The van der Waals surface area contributed by atoms with E-state index in [4.69, 9.17) is 9.47 Å². The Morgan fingerprint density at radius 3 is 1.96 bits per heavy atom. The first-order valence-electron chi connectivity index (χ1n) is 11.0. The summed E-state index contributed by atoms with van der Waals surface area (Å²) in [7, 11) is 0. The Hall–Kier alpha value is -0.600. The lowest BCUT2D eigenvalue weighted by atomic mass is 10.1. The highest BCUT2D eigenvalue weighted by Crippen LogP contribution is 2.14. The molecule has 25 heavy (non-hydrogen) atoms. The normalized spacial score (nSPS) is 18.5. The first kappa shape index (κ1) is 22.4. The fourth-order valence-electron chi connectivity index (χ4n) is 3.14. The van der Waals surface area contributed by atoms with Crippen molar-refractivity contribution in [1.82, 2.24) is 0 Å². The summed E-state index contributed by atoms with van der Waals surface area (Å²) in [6.07, 6.45) is 28.6. The summed E-state index contributed by atoms with van der Waals surface area (Å²) in [6, 6.07) is 0. The van der Waals surface area contributed by atoms with E-state index in [0.717, 1.165) is 26.1 Å². The third-order valence-electron chi connectivity index (χ3n) is 4.78. The summed E-state index contributed by atoms with van der Waals surface area (Å²) in [5.41, 5.74) is 0. The molecule has 2 nitrogen and oxygen atoms in total. The SMILES string of the molecule is CCCCC=CCCCCCCCCC=CCCOC1CCCCO1. The van der Waals surface area contributed by atoms with E-state index in [1.165, 1.54) is 83.5 Å². The van der Waals surface area contributed by atoms with E-state index in [1.54, 1.807) is 0 Å². The lowest BCUT2D eigenvalue weighted by Gasteiger charge is -2.22. The smallest absolute Gasteiger partial charge is 0.157 e. The number of hydrogen-bond donors (Lipinski definition) is 0. The van der Waals surface area contributed by atoms with E-state index in [0.29, 0.717) is 0 Å². The Bertz CT molecular complexity index is 316. The topological polar surface area (TPSA) is 18.5 Å². The highest BCUT2D eigenvalue weighted by Gasteiger charge is 2.12. The Balaban J connectivity index is 1.74. The molecule has 1 saturated heterocycles. The zero-order valence-electron chi connectivity index (χ0n) is 16.7. The van der Waals surface area contributed by atoms with Crippen molar-refractivity contribution in [2.75, 3.05) is 13.2 Å². The molecule has 0 saturated carbocycles. The first-order valence-corrected chi connectivity index (χ1v) is 11.0. The van der Waals surface area contributed by atoms with Crippen molar-refractivity contribution >= 4 is 0 Å². The maximum Gasteiger partial charge on any atom is 0.157 e. The molecule has 1 aliphatic heterocycles. The van der Waals surface area contributed by atoms with Gasteiger partial charge >= 0.3 is 0 Å². The molecule has 0 radical (unpaired) electrons. The molecule has 1 atom stereocenters. The van der Waals surface area contributed by atoms with E-state index in [-0.39, 0.29) is 6.29 Å². The van der Waals surface area contributed by atoms with Gasteiger partial charge in [0, 0.05) is 6.61 Å². The van der Waals surface area contributed by atoms with Crippen LogP contribution in [0, 0.1) is 0 Å². The minimum absolute atomic E-state index is 0.0639. The molecule has 0 bridgehead atoms. The second-order valence-electron chi connectivity index (χ2n) is 7.24. The van der Waals surface area contributed by atoms with Crippen LogP contribution in [0.1, 0.15) is 103 Å². The van der Waals surface area contributed by atoms with Crippen LogP contribution < -0.4 is 0 Å². The van der Waals surface area contributed by atoms with Gasteiger partial charge in [-0.05, 0) is 57.8 Å². The van der Waals surface area contributed by atoms with Crippen LogP contribution >= 0.6 is 0 Å². The van der Waals surface area contributed by atoms with Gasteiger partial charge in [-0.15, -0.1) is 0 Å². The number of ether oxygens (including phenoxy) is 2. The molecule has 1 aliphatic rings. The quantitative estimate of drug-likeness (QED) is 0.214. The Kier molecular flexibility index (Phi) is 16.3. The molecule has 2 heteroatoms. The Morgan fingerprint density at radius 2 is 1.36 bits per heavy atom. The van der Waals surface area contributed by atoms with Gasteiger partial charge in [-0.2, -0.15) is 0 Å². The van der Waals surface area contributed by atoms with Gasteiger partial charge in [-0.25, -0.2) is 0 Å². The summed E-state index contributed by atoms with van der Waals surface area (Å²) < 4.78 is 11.3. The molecule has 146 valence electrons. The summed E-state index contributed by atoms with van der Waals surface area (Å²) in [6.45, 7) is 3.93. The predicted octanol–water partition coefficient (Wildman–Crippen LogP) is 7.34. The average molecular weight is 351 g/mol. The van der Waals surface area contributed by atoms with Crippen molar-refractivity contribution in [3.05, 3.63) is 24.3 Å². The first-order chi connectivity index (χ1) is 12.4. The second-order valence-corrected chi connectivity index (χ2v) is 7.24. The average Bonchev–Trinajstić information content (AvgIpc) is 2.65. The lowest BCUT2D eigenvalue weighted by Crippen LogP contribution is -2.22. The van der Waals surface area contributed by atoms with Crippen LogP contribution in [0.25, 0.3) is 0 Å². The van der Waals surface area contributed by atoms with Crippen LogP contribution in [-0.2, 0) is 9.47 Å². The van der Waals surface area contributed by atoms with Crippen molar-refractivity contribution in [3.63, 3.8) is 0 Å². The van der Waals surface area contributed by atoms with Gasteiger partial charge in [0.2, 0.25) is 0 Å². The largest absolute Gasteiger partial charge is 0.353 e. The number of rotatable bonds is 16. The zero-order valence-corrected chi connectivity index (χ0v) is 16.7. The van der Waals surface area contributed by atoms with E-state index < -0.39 is 0 Å². The van der Waals surface area contributed by atoms with Gasteiger partial charge in [0.25, 0.3) is 0 Å². The Labute approximate surface area is 157 Å². The second kappa shape index (κ2) is 18.2. The third-order valence-corrected chi connectivity index (χ3v) is 4.78. The molecule has 1 fully saturated rings. The zero-order chi connectivity index (χ0) is 17.8. The number of unbranched alkanes of at least 4 members (excludes halogenated alkanes) is 9. The molecule has 0 aromatic carbocycles. The van der Waals surface area contributed by atoms with Gasteiger partial charge in [-0.3, -0.25) is 0 Å². The molecular formula is C23H42O2. The highest BCUT2D eigenvalue weighted by atomic mass is 16.7. The van der Waals surface area contributed by atoms with Crippen molar-refractivity contribution in [2.45, 2.75) is 110 Å². The van der Waals surface area contributed by atoms with Crippen molar-refractivity contribution in [3.8, 4) is 0 Å². The molecule has 1 heterocycles. The standard InChI is InChI=1S/C23H42O2/c1-2-3-4-5-6-7-8-9-10-11-12-13-14-15-16-18-21-24-23-20-17-19-22-25-23/h5-6,15-16,23H,2-4,7-14,17-22H2,1H3. The number of hydrogen-bond acceptors (Lipinski definition) is 2. The van der Waals surface area contributed by atoms with Crippen LogP contribution in [0.2, 0.25) is 0 Å². The predicted molar refractivity (Wildman–Crippen MR) is 109 cm³/mol. The minimum Gasteiger partial charge on any atom is -0.353 e. The summed E-state index contributed by atoms with van der Waals surface area (Å²) in [5, 5.41) is 0. The number of allylic oxidation sites excluding steroid dienone is 3. The van der Waals surface area contributed by atoms with Crippen LogP contribution in [-0.4, -0.2) is 19.5 Å². The highest BCUT2D eigenvalue weighted by molar-refractivity contribution is 4.82. The molecule has 1 rings (SSSR count). The molecule has 1 unspecified atom stereocenters. The van der Waals surface area contributed by atoms with Crippen LogP contribution in [0.4, 0.5) is 0 Å². The molecule has 0 amide bonds. The van der Waals surface area contributed by atoms with E-state index in [2.05, 4.69) is 31.2 Å². The van der Waals surface area contributed by atoms with Crippen LogP contribution in [0.3, 0.4) is 0 Å². The van der Waals surface area contributed by atoms with Gasteiger partial charge in [-0.1, -0.05) is 69.8 Å². The van der Waals surface area contributed by atoms with Crippen LogP contribution in [0.5, 0.6) is 0 Å². The molecule has 0 N–H and O–H groups in total. The van der Waals surface area contributed by atoms with Gasteiger partial charge in [0.05, 0.1) is 6.61 Å². The van der Waals surface area contributed by atoms with Crippen molar-refractivity contribution in [2.24, 2.45) is 0 Å². The van der Waals surface area contributed by atoms with Crippen molar-refractivity contribution in [1.29, 1.82) is 0 Å². The van der Waals surface area contributed by atoms with Gasteiger partial charge in [0.1, 0.15) is 0 Å². The third kappa shape index (κ3) is 15.4. The molecule has 0 aromatic rings. The maximum atomic E-state index is 5.72. The fourth-order valence-corrected chi connectivity index (χ4v) is 3.14. The minimum atomic E-state index is 0.0639. The summed E-state index contributed by atoms with van der Waals surface area (Å²) in [4.78, 5) is 0. The molecule has 0 aromatic heterocycles. The van der Waals surface area contributed by atoms with E-state index >= 15 is 0 Å². The molecule has 0 aliphatic carbocycles. The van der Waals surface area contributed by atoms with Crippen molar-refractivity contribution < 1.29 is 9.47 Å². The van der Waals surface area contributed by atoms with Gasteiger partial charge in [0.15, 0.2) is 6.29 Å².